The molecule has 0 fully saturated rings. The molecule has 0 aliphatic rings. The highest BCUT2D eigenvalue weighted by Crippen LogP contribution is 2.22. The zero-order valence-corrected chi connectivity index (χ0v) is 11.7. The summed E-state index contributed by atoms with van der Waals surface area (Å²) in [6, 6.07) is 5.48. The number of rotatable bonds is 7. The van der Waals surface area contributed by atoms with E-state index in [0.29, 0.717) is 12.2 Å². The average Bonchev–Trinajstić information content (AvgIpc) is 2.35. The van der Waals surface area contributed by atoms with Crippen molar-refractivity contribution in [2.24, 2.45) is 5.73 Å². The van der Waals surface area contributed by atoms with Crippen LogP contribution in [0.1, 0.15) is 24.5 Å². The van der Waals surface area contributed by atoms with Gasteiger partial charge in [0.25, 0.3) is 0 Å². The molecule has 3 nitrogen and oxygen atoms in total. The summed E-state index contributed by atoms with van der Waals surface area (Å²) < 4.78 is 45.5. The predicted octanol–water partition coefficient (Wildman–Crippen LogP) is 3.19. The van der Waals surface area contributed by atoms with Crippen LogP contribution in [0.2, 0.25) is 0 Å². The van der Waals surface area contributed by atoms with Crippen molar-refractivity contribution in [1.82, 2.24) is 0 Å². The Labute approximate surface area is 116 Å². The van der Waals surface area contributed by atoms with Crippen LogP contribution in [0.5, 0.6) is 5.75 Å². The van der Waals surface area contributed by atoms with Gasteiger partial charge in [-0.15, -0.1) is 0 Å². The van der Waals surface area contributed by atoms with E-state index in [1.54, 1.807) is 6.07 Å². The largest absolute Gasteiger partial charge is 0.467 e. The number of ether oxygens (including phenoxy) is 2. The normalized spacial score (nSPS) is 13.3. The van der Waals surface area contributed by atoms with Crippen LogP contribution >= 0.6 is 0 Å². The first-order valence-corrected chi connectivity index (χ1v) is 6.44. The third-order valence-electron chi connectivity index (χ3n) is 2.79. The molecular weight excluding hydrogens is 271 g/mol. The van der Waals surface area contributed by atoms with Crippen LogP contribution in [0, 0.1) is 6.92 Å². The van der Waals surface area contributed by atoms with E-state index in [9.17, 15) is 13.2 Å². The summed E-state index contributed by atoms with van der Waals surface area (Å²) in [4.78, 5) is 0. The van der Waals surface area contributed by atoms with Crippen molar-refractivity contribution in [2.45, 2.75) is 38.9 Å². The van der Waals surface area contributed by atoms with Crippen molar-refractivity contribution in [1.29, 1.82) is 0 Å². The number of benzene rings is 1. The van der Waals surface area contributed by atoms with Crippen LogP contribution < -0.4 is 10.5 Å². The Kier molecular flexibility index (Phi) is 6.29. The number of aryl methyl sites for hydroxylation is 1. The minimum atomic E-state index is -4.34. The van der Waals surface area contributed by atoms with Crippen LogP contribution in [0.4, 0.5) is 13.2 Å². The standard InChI is InChI=1S/C14H20F3NO2/c1-3-12(18)7-11-6-10(2)4-5-13(11)20-9-19-8-14(15,16)17/h4-6,12H,3,7-9,18H2,1-2H3. The lowest BCUT2D eigenvalue weighted by Crippen LogP contribution is -2.22. The van der Waals surface area contributed by atoms with Crippen LogP contribution in [-0.4, -0.2) is 25.6 Å². The van der Waals surface area contributed by atoms with Crippen molar-refractivity contribution < 1.29 is 22.6 Å². The topological polar surface area (TPSA) is 44.5 Å². The fourth-order valence-corrected chi connectivity index (χ4v) is 1.70. The van der Waals surface area contributed by atoms with E-state index in [-0.39, 0.29) is 6.04 Å². The molecule has 0 spiro atoms. The smallest absolute Gasteiger partial charge is 0.411 e. The van der Waals surface area contributed by atoms with Gasteiger partial charge >= 0.3 is 6.18 Å². The van der Waals surface area contributed by atoms with E-state index in [2.05, 4.69) is 4.74 Å². The first-order chi connectivity index (χ1) is 9.31. The molecule has 1 rings (SSSR count). The van der Waals surface area contributed by atoms with Gasteiger partial charge in [-0.1, -0.05) is 24.6 Å². The molecule has 0 aliphatic heterocycles. The second-order valence-corrected chi connectivity index (χ2v) is 4.71. The second-order valence-electron chi connectivity index (χ2n) is 4.71. The van der Waals surface area contributed by atoms with E-state index in [1.807, 2.05) is 26.0 Å². The molecule has 114 valence electrons. The Morgan fingerprint density at radius 3 is 2.60 bits per heavy atom. The van der Waals surface area contributed by atoms with Crippen molar-refractivity contribution in [3.8, 4) is 5.75 Å². The number of halogens is 3. The number of hydrogen-bond acceptors (Lipinski definition) is 3. The van der Waals surface area contributed by atoms with Crippen molar-refractivity contribution in [2.75, 3.05) is 13.4 Å². The summed E-state index contributed by atoms with van der Waals surface area (Å²) in [5, 5.41) is 0. The maximum Gasteiger partial charge on any atom is 0.411 e. The van der Waals surface area contributed by atoms with Gasteiger partial charge in [-0.25, -0.2) is 0 Å². The Bertz CT molecular complexity index is 421. The Morgan fingerprint density at radius 1 is 1.30 bits per heavy atom. The van der Waals surface area contributed by atoms with Gasteiger partial charge in [0.2, 0.25) is 0 Å². The van der Waals surface area contributed by atoms with Gasteiger partial charge in [0.1, 0.15) is 12.4 Å². The van der Waals surface area contributed by atoms with Crippen molar-refractivity contribution in [3.63, 3.8) is 0 Å². The minimum absolute atomic E-state index is 0.00440. The molecule has 0 aliphatic carbocycles. The van der Waals surface area contributed by atoms with Gasteiger partial charge < -0.3 is 15.2 Å². The lowest BCUT2D eigenvalue weighted by molar-refractivity contribution is -0.186. The lowest BCUT2D eigenvalue weighted by atomic mass is 10.0. The molecule has 0 amide bonds. The molecular formula is C14H20F3NO2. The molecule has 0 heterocycles. The van der Waals surface area contributed by atoms with E-state index in [1.165, 1.54) is 0 Å². The van der Waals surface area contributed by atoms with Gasteiger partial charge in [-0.3, -0.25) is 0 Å². The predicted molar refractivity (Wildman–Crippen MR) is 70.7 cm³/mol. The molecule has 0 aromatic heterocycles. The summed E-state index contributed by atoms with van der Waals surface area (Å²) in [6.45, 7) is 2.16. The SMILES string of the molecule is CCC(N)Cc1cc(C)ccc1OCOCC(F)(F)F. The fraction of sp³-hybridized carbons (Fsp3) is 0.571. The van der Waals surface area contributed by atoms with Crippen molar-refractivity contribution in [3.05, 3.63) is 29.3 Å². The van der Waals surface area contributed by atoms with Crippen LogP contribution in [0.25, 0.3) is 0 Å². The summed E-state index contributed by atoms with van der Waals surface area (Å²) in [7, 11) is 0. The Balaban J connectivity index is 2.60. The Morgan fingerprint density at radius 2 is 2.00 bits per heavy atom. The molecule has 20 heavy (non-hydrogen) atoms. The molecule has 0 radical (unpaired) electrons. The van der Waals surface area contributed by atoms with Crippen LogP contribution in [0.3, 0.4) is 0 Å². The highest BCUT2D eigenvalue weighted by atomic mass is 19.4. The average molecular weight is 291 g/mol. The van der Waals surface area contributed by atoms with E-state index in [4.69, 9.17) is 10.5 Å². The molecule has 1 aromatic rings. The third kappa shape index (κ3) is 6.25. The van der Waals surface area contributed by atoms with E-state index >= 15 is 0 Å². The van der Waals surface area contributed by atoms with Gasteiger partial charge in [0, 0.05) is 6.04 Å². The van der Waals surface area contributed by atoms with Gasteiger partial charge in [-0.05, 0) is 31.4 Å². The number of alkyl halides is 3. The fourth-order valence-electron chi connectivity index (χ4n) is 1.70. The highest BCUT2D eigenvalue weighted by Gasteiger charge is 2.27. The zero-order chi connectivity index (χ0) is 15.2. The maximum atomic E-state index is 11.9. The van der Waals surface area contributed by atoms with Crippen LogP contribution in [-0.2, 0) is 11.2 Å². The number of nitrogens with two attached hydrogens (primary N) is 1. The third-order valence-corrected chi connectivity index (χ3v) is 2.79. The summed E-state index contributed by atoms with van der Waals surface area (Å²) in [5.41, 5.74) is 7.83. The van der Waals surface area contributed by atoms with E-state index in [0.717, 1.165) is 17.5 Å². The molecule has 1 aromatic carbocycles. The van der Waals surface area contributed by atoms with Crippen LogP contribution in [0.15, 0.2) is 18.2 Å². The summed E-state index contributed by atoms with van der Waals surface area (Å²) in [6.07, 6.45) is -2.91. The molecule has 0 saturated carbocycles. The first-order valence-electron chi connectivity index (χ1n) is 6.44. The second kappa shape index (κ2) is 7.50. The quantitative estimate of drug-likeness (QED) is 0.620. The molecule has 1 unspecified atom stereocenters. The van der Waals surface area contributed by atoms with Gasteiger partial charge in [-0.2, -0.15) is 13.2 Å². The molecule has 0 bridgehead atoms. The van der Waals surface area contributed by atoms with Crippen molar-refractivity contribution >= 4 is 0 Å². The summed E-state index contributed by atoms with van der Waals surface area (Å²) >= 11 is 0. The maximum absolute atomic E-state index is 11.9. The monoisotopic (exact) mass is 291 g/mol. The minimum Gasteiger partial charge on any atom is -0.467 e. The molecule has 0 saturated heterocycles. The van der Waals surface area contributed by atoms with Gasteiger partial charge in [0.15, 0.2) is 6.79 Å². The zero-order valence-electron chi connectivity index (χ0n) is 11.7. The summed E-state index contributed by atoms with van der Waals surface area (Å²) in [5.74, 6) is 0.515. The first kappa shape index (κ1) is 16.8. The molecule has 6 heteroatoms. The highest BCUT2D eigenvalue weighted by molar-refractivity contribution is 5.37. The number of hydrogen-bond donors (Lipinski definition) is 1. The van der Waals surface area contributed by atoms with Gasteiger partial charge in [0.05, 0.1) is 0 Å². The molecule has 2 N–H and O–H groups in total. The molecule has 1 atom stereocenters. The Hall–Kier alpha value is -1.27. The van der Waals surface area contributed by atoms with E-state index < -0.39 is 19.6 Å². The lowest BCUT2D eigenvalue weighted by Gasteiger charge is -2.15.